The van der Waals surface area contributed by atoms with Crippen LogP contribution in [0, 0.1) is 0 Å². The summed E-state index contributed by atoms with van der Waals surface area (Å²) in [5.74, 6) is 1.33. The molecule has 1 N–H and O–H groups in total. The molecule has 0 radical (unpaired) electrons. The average molecular weight is 374 g/mol. The minimum atomic E-state index is -0.183. The van der Waals surface area contributed by atoms with Crippen molar-refractivity contribution in [1.29, 1.82) is 0 Å². The molecule has 0 aromatic heterocycles. The zero-order valence-electron chi connectivity index (χ0n) is 15.7. The van der Waals surface area contributed by atoms with Gasteiger partial charge in [-0.2, -0.15) is 5.10 Å². The van der Waals surface area contributed by atoms with Crippen molar-refractivity contribution < 1.29 is 14.3 Å². The van der Waals surface area contributed by atoms with Crippen LogP contribution in [-0.2, 0) is 17.8 Å². The number of nitrogens with one attached hydrogen (secondary N) is 1. The molecule has 5 heteroatoms. The third kappa shape index (κ3) is 5.99. The van der Waals surface area contributed by atoms with E-state index in [4.69, 9.17) is 9.47 Å². The van der Waals surface area contributed by atoms with Crippen LogP contribution in [0.2, 0.25) is 0 Å². The highest BCUT2D eigenvalue weighted by atomic mass is 16.5. The molecule has 28 heavy (non-hydrogen) atoms. The van der Waals surface area contributed by atoms with E-state index in [0.717, 1.165) is 28.2 Å². The molecule has 0 unspecified atom stereocenters. The summed E-state index contributed by atoms with van der Waals surface area (Å²) in [5, 5.41) is 4.03. The first-order valence-electron chi connectivity index (χ1n) is 8.94. The third-order valence-electron chi connectivity index (χ3n) is 4.03. The molecule has 0 spiro atoms. The van der Waals surface area contributed by atoms with E-state index < -0.39 is 0 Å². The van der Waals surface area contributed by atoms with Gasteiger partial charge in [-0.15, -0.1) is 0 Å². The third-order valence-corrected chi connectivity index (χ3v) is 4.03. The standard InChI is InChI=1S/C23H22N2O3/c1-27-21-12-10-18(11-13-21)15-23(26)25-24-16-20-8-5-9-22(14-20)28-17-19-6-3-2-4-7-19/h2-14,16H,15,17H2,1H3,(H,25,26). The Bertz CT molecular complexity index is 922. The minimum absolute atomic E-state index is 0.183. The van der Waals surface area contributed by atoms with Gasteiger partial charge in [0.25, 0.3) is 0 Å². The molecule has 3 aromatic carbocycles. The van der Waals surface area contributed by atoms with Crippen LogP contribution < -0.4 is 14.9 Å². The number of carbonyl (C=O) groups is 1. The van der Waals surface area contributed by atoms with Crippen molar-refractivity contribution in [3.63, 3.8) is 0 Å². The predicted octanol–water partition coefficient (Wildman–Crippen LogP) is 3.97. The molecule has 3 aromatic rings. The van der Waals surface area contributed by atoms with E-state index in [2.05, 4.69) is 10.5 Å². The molecule has 0 aliphatic carbocycles. The van der Waals surface area contributed by atoms with E-state index in [-0.39, 0.29) is 12.3 Å². The van der Waals surface area contributed by atoms with Gasteiger partial charge < -0.3 is 9.47 Å². The predicted molar refractivity (Wildman–Crippen MR) is 110 cm³/mol. The molecule has 0 aliphatic heterocycles. The minimum Gasteiger partial charge on any atom is -0.497 e. The van der Waals surface area contributed by atoms with Crippen molar-refractivity contribution in [2.75, 3.05) is 7.11 Å². The van der Waals surface area contributed by atoms with E-state index in [1.165, 1.54) is 0 Å². The van der Waals surface area contributed by atoms with Gasteiger partial charge >= 0.3 is 0 Å². The molecular formula is C23H22N2O3. The van der Waals surface area contributed by atoms with Gasteiger partial charge in [-0.25, -0.2) is 5.43 Å². The maximum absolute atomic E-state index is 12.0. The number of hydrogen-bond donors (Lipinski definition) is 1. The quantitative estimate of drug-likeness (QED) is 0.479. The number of methoxy groups -OCH3 is 1. The summed E-state index contributed by atoms with van der Waals surface area (Å²) in [5.41, 5.74) is 5.38. The first kappa shape index (κ1) is 19.2. The SMILES string of the molecule is COc1ccc(CC(=O)NN=Cc2cccc(OCc3ccccc3)c2)cc1. The normalized spacial score (nSPS) is 10.6. The van der Waals surface area contributed by atoms with Crippen LogP contribution in [0.5, 0.6) is 11.5 Å². The smallest absolute Gasteiger partial charge is 0.244 e. The van der Waals surface area contributed by atoms with Gasteiger partial charge in [-0.05, 0) is 41.0 Å². The highest BCUT2D eigenvalue weighted by Crippen LogP contribution is 2.14. The van der Waals surface area contributed by atoms with Gasteiger partial charge in [0.05, 0.1) is 19.7 Å². The van der Waals surface area contributed by atoms with Gasteiger partial charge in [-0.1, -0.05) is 54.6 Å². The lowest BCUT2D eigenvalue weighted by Gasteiger charge is -2.06. The Kier molecular flexibility index (Phi) is 6.79. The Morgan fingerprint density at radius 3 is 2.46 bits per heavy atom. The van der Waals surface area contributed by atoms with Crippen molar-refractivity contribution in [2.45, 2.75) is 13.0 Å². The molecule has 3 rings (SSSR count). The number of hydrazone groups is 1. The van der Waals surface area contributed by atoms with Crippen molar-refractivity contribution in [1.82, 2.24) is 5.43 Å². The molecule has 5 nitrogen and oxygen atoms in total. The van der Waals surface area contributed by atoms with Gasteiger partial charge in [0.15, 0.2) is 0 Å². The monoisotopic (exact) mass is 374 g/mol. The summed E-state index contributed by atoms with van der Waals surface area (Å²) >= 11 is 0. The second-order valence-electron chi connectivity index (χ2n) is 6.16. The van der Waals surface area contributed by atoms with E-state index in [9.17, 15) is 4.79 Å². The van der Waals surface area contributed by atoms with Crippen LogP contribution in [-0.4, -0.2) is 19.2 Å². The largest absolute Gasteiger partial charge is 0.497 e. The average Bonchev–Trinajstić information content (AvgIpc) is 2.74. The number of hydrogen-bond acceptors (Lipinski definition) is 4. The Morgan fingerprint density at radius 2 is 1.71 bits per heavy atom. The Labute approximate surface area is 164 Å². The second-order valence-corrected chi connectivity index (χ2v) is 6.16. The molecule has 0 aliphatic rings. The van der Waals surface area contributed by atoms with E-state index in [0.29, 0.717) is 6.61 Å². The van der Waals surface area contributed by atoms with Crippen LogP contribution in [0.15, 0.2) is 84.0 Å². The fourth-order valence-electron chi connectivity index (χ4n) is 2.57. The van der Waals surface area contributed by atoms with E-state index in [1.54, 1.807) is 13.3 Å². The fraction of sp³-hybridized carbons (Fsp3) is 0.130. The topological polar surface area (TPSA) is 59.9 Å². The zero-order chi connectivity index (χ0) is 19.6. The van der Waals surface area contributed by atoms with E-state index in [1.807, 2.05) is 78.9 Å². The van der Waals surface area contributed by atoms with Crippen molar-refractivity contribution in [3.05, 3.63) is 95.6 Å². The maximum atomic E-state index is 12.0. The van der Waals surface area contributed by atoms with Crippen LogP contribution in [0.4, 0.5) is 0 Å². The molecular weight excluding hydrogens is 352 g/mol. The molecule has 1 amide bonds. The summed E-state index contributed by atoms with van der Waals surface area (Å²) in [4.78, 5) is 12.0. The zero-order valence-corrected chi connectivity index (χ0v) is 15.7. The lowest BCUT2D eigenvalue weighted by molar-refractivity contribution is -0.120. The summed E-state index contributed by atoms with van der Waals surface area (Å²) in [6, 6.07) is 24.9. The van der Waals surface area contributed by atoms with Crippen LogP contribution in [0.25, 0.3) is 0 Å². The van der Waals surface area contributed by atoms with Crippen LogP contribution in [0.1, 0.15) is 16.7 Å². The molecule has 0 fully saturated rings. The summed E-state index contributed by atoms with van der Waals surface area (Å²) in [6.07, 6.45) is 1.85. The Hall–Kier alpha value is -3.60. The van der Waals surface area contributed by atoms with Gasteiger partial charge in [-0.3, -0.25) is 4.79 Å². The molecule has 0 atom stereocenters. The van der Waals surface area contributed by atoms with Gasteiger partial charge in [0, 0.05) is 0 Å². The first-order chi connectivity index (χ1) is 13.7. The lowest BCUT2D eigenvalue weighted by atomic mass is 10.1. The number of benzene rings is 3. The summed E-state index contributed by atoms with van der Waals surface area (Å²) in [7, 11) is 1.61. The number of nitrogens with zero attached hydrogens (tertiary/aromatic N) is 1. The van der Waals surface area contributed by atoms with Crippen molar-refractivity contribution >= 4 is 12.1 Å². The van der Waals surface area contributed by atoms with Gasteiger partial charge in [0.1, 0.15) is 18.1 Å². The molecule has 142 valence electrons. The van der Waals surface area contributed by atoms with Crippen molar-refractivity contribution in [3.8, 4) is 11.5 Å². The maximum Gasteiger partial charge on any atom is 0.244 e. The number of amides is 1. The van der Waals surface area contributed by atoms with Crippen LogP contribution >= 0.6 is 0 Å². The Morgan fingerprint density at radius 1 is 0.929 bits per heavy atom. The second kappa shape index (κ2) is 9.92. The summed E-state index contributed by atoms with van der Waals surface area (Å²) in [6.45, 7) is 0.500. The van der Waals surface area contributed by atoms with Crippen LogP contribution in [0.3, 0.4) is 0 Å². The Balaban J connectivity index is 1.50. The molecule has 0 bridgehead atoms. The molecule has 0 saturated heterocycles. The highest BCUT2D eigenvalue weighted by Gasteiger charge is 2.02. The highest BCUT2D eigenvalue weighted by molar-refractivity contribution is 5.83. The summed E-state index contributed by atoms with van der Waals surface area (Å²) < 4.78 is 10.9. The van der Waals surface area contributed by atoms with Gasteiger partial charge in [0.2, 0.25) is 5.91 Å². The number of rotatable bonds is 8. The van der Waals surface area contributed by atoms with E-state index >= 15 is 0 Å². The van der Waals surface area contributed by atoms with Crippen molar-refractivity contribution in [2.24, 2.45) is 5.10 Å². The fourth-order valence-corrected chi connectivity index (χ4v) is 2.57. The lowest BCUT2D eigenvalue weighted by Crippen LogP contribution is -2.19. The number of carbonyl (C=O) groups excluding carboxylic acids is 1. The number of ether oxygens (including phenoxy) is 2. The molecule has 0 heterocycles. The molecule has 0 saturated carbocycles. The first-order valence-corrected chi connectivity index (χ1v) is 8.94.